The van der Waals surface area contributed by atoms with Crippen molar-refractivity contribution in [3.8, 4) is 11.5 Å². The van der Waals surface area contributed by atoms with Crippen LogP contribution in [0.25, 0.3) is 6.08 Å². The first-order chi connectivity index (χ1) is 15.7. The molecule has 0 spiro atoms. The van der Waals surface area contributed by atoms with Crippen molar-refractivity contribution in [3.63, 3.8) is 0 Å². The smallest absolute Gasteiger partial charge is 0.341 e. The minimum absolute atomic E-state index is 0.181. The summed E-state index contributed by atoms with van der Waals surface area (Å²) in [7, 11) is 0. The number of nitrogens with one attached hydrogen (secondary N) is 1. The second kappa shape index (κ2) is 10.3. The van der Waals surface area contributed by atoms with Gasteiger partial charge in [0.2, 0.25) is 0 Å². The van der Waals surface area contributed by atoms with Crippen LogP contribution >= 0.6 is 15.9 Å². The van der Waals surface area contributed by atoms with Gasteiger partial charge >= 0.3 is 12.0 Å². The molecule has 9 nitrogen and oxygen atoms in total. The minimum Gasteiger partial charge on any atom is -0.490 e. The number of hydrogen-bond donors (Lipinski definition) is 2. The number of urea groups is 1. The maximum Gasteiger partial charge on any atom is 0.341 e. The predicted octanol–water partition coefficient (Wildman–Crippen LogP) is 3.54. The Kier molecular flexibility index (Phi) is 7.49. The van der Waals surface area contributed by atoms with Crippen molar-refractivity contribution in [1.29, 1.82) is 0 Å². The molecule has 0 unspecified atom stereocenters. The van der Waals surface area contributed by atoms with Crippen molar-refractivity contribution in [2.45, 2.75) is 20.3 Å². The first kappa shape index (κ1) is 24.0. The van der Waals surface area contributed by atoms with Crippen LogP contribution in [-0.2, 0) is 20.8 Å². The minimum atomic E-state index is -1.15. The fourth-order valence-electron chi connectivity index (χ4n) is 3.11. The molecule has 0 saturated carbocycles. The molecule has 3 rings (SSSR count). The van der Waals surface area contributed by atoms with Crippen LogP contribution in [0.2, 0.25) is 0 Å². The summed E-state index contributed by atoms with van der Waals surface area (Å²) in [4.78, 5) is 49.7. The number of nitrogens with zero attached hydrogens (tertiary/aromatic N) is 1. The van der Waals surface area contributed by atoms with E-state index in [1.54, 1.807) is 31.2 Å². The quantitative estimate of drug-likeness (QED) is 0.406. The van der Waals surface area contributed by atoms with E-state index in [1.807, 2.05) is 6.92 Å². The van der Waals surface area contributed by atoms with Crippen LogP contribution in [0.5, 0.6) is 11.5 Å². The van der Waals surface area contributed by atoms with Gasteiger partial charge in [-0.3, -0.25) is 14.9 Å². The lowest BCUT2D eigenvalue weighted by atomic mass is 10.1. The molecule has 1 heterocycles. The van der Waals surface area contributed by atoms with E-state index < -0.39 is 30.4 Å². The number of anilines is 1. The van der Waals surface area contributed by atoms with Crippen LogP contribution in [-0.4, -0.2) is 42.1 Å². The standard InChI is InChI=1S/C23H21BrN2O7/c1-3-13-5-7-15(8-6-13)26-22(30)16(21(29)25-23(26)31)9-14-10-18(32-4-2)19(11-17(14)24)33-12-20(27)28/h5-11H,3-4,12H2,1-2H3,(H,27,28)(H,25,29,31)/b16-9-. The molecule has 0 aliphatic carbocycles. The molecule has 2 aromatic carbocycles. The number of carbonyl (C=O) groups excluding carboxylic acids is 3. The van der Waals surface area contributed by atoms with Gasteiger partial charge in [-0.2, -0.15) is 0 Å². The summed E-state index contributed by atoms with van der Waals surface area (Å²) >= 11 is 3.34. The van der Waals surface area contributed by atoms with Gasteiger partial charge in [0.15, 0.2) is 18.1 Å². The Morgan fingerprint density at radius 3 is 2.36 bits per heavy atom. The summed E-state index contributed by atoms with van der Waals surface area (Å²) < 4.78 is 11.2. The first-order valence-corrected chi connectivity index (χ1v) is 10.9. The summed E-state index contributed by atoms with van der Waals surface area (Å²) in [6, 6.07) is 9.04. The number of halogens is 1. The number of barbiturate groups is 1. The summed E-state index contributed by atoms with van der Waals surface area (Å²) in [6.45, 7) is 3.43. The number of carboxylic acids is 1. The van der Waals surface area contributed by atoms with Gasteiger partial charge in [0.25, 0.3) is 11.8 Å². The second-order valence-corrected chi connectivity index (χ2v) is 7.77. The highest BCUT2D eigenvalue weighted by molar-refractivity contribution is 9.10. The average molecular weight is 517 g/mol. The molecule has 33 heavy (non-hydrogen) atoms. The van der Waals surface area contributed by atoms with Crippen LogP contribution in [0, 0.1) is 0 Å². The van der Waals surface area contributed by atoms with E-state index >= 15 is 0 Å². The van der Waals surface area contributed by atoms with Crippen LogP contribution < -0.4 is 19.7 Å². The second-order valence-electron chi connectivity index (χ2n) is 6.91. The molecule has 10 heteroatoms. The molecule has 1 fully saturated rings. The lowest BCUT2D eigenvalue weighted by Gasteiger charge is -2.26. The number of benzene rings is 2. The third-order valence-electron chi connectivity index (χ3n) is 4.72. The van der Waals surface area contributed by atoms with Gasteiger partial charge in [-0.05, 0) is 54.8 Å². The van der Waals surface area contributed by atoms with Gasteiger partial charge < -0.3 is 14.6 Å². The van der Waals surface area contributed by atoms with Crippen LogP contribution in [0.4, 0.5) is 10.5 Å². The Balaban J connectivity index is 2.00. The number of carboxylic acid groups (broad SMARTS) is 1. The number of hydrogen-bond acceptors (Lipinski definition) is 6. The van der Waals surface area contributed by atoms with Gasteiger partial charge in [0.05, 0.1) is 12.3 Å². The Morgan fingerprint density at radius 1 is 1.09 bits per heavy atom. The van der Waals surface area contributed by atoms with Crippen LogP contribution in [0.1, 0.15) is 25.0 Å². The van der Waals surface area contributed by atoms with Gasteiger partial charge in [-0.25, -0.2) is 14.5 Å². The molecule has 1 saturated heterocycles. The molecule has 0 atom stereocenters. The van der Waals surface area contributed by atoms with E-state index in [2.05, 4.69) is 21.2 Å². The van der Waals surface area contributed by atoms with Crippen molar-refractivity contribution in [3.05, 3.63) is 57.6 Å². The maximum absolute atomic E-state index is 13.1. The normalized spacial score (nSPS) is 14.9. The van der Waals surface area contributed by atoms with Gasteiger partial charge in [0, 0.05) is 4.47 Å². The molecule has 0 aromatic heterocycles. The zero-order valence-corrected chi connectivity index (χ0v) is 19.5. The average Bonchev–Trinajstić information content (AvgIpc) is 2.77. The lowest BCUT2D eigenvalue weighted by molar-refractivity contribution is -0.139. The number of ether oxygens (including phenoxy) is 2. The van der Waals surface area contributed by atoms with Crippen LogP contribution in [0.3, 0.4) is 0 Å². The fraction of sp³-hybridized carbons (Fsp3) is 0.217. The summed E-state index contributed by atoms with van der Waals surface area (Å²) in [5.74, 6) is -2.34. The molecule has 1 aliphatic rings. The molecule has 2 aromatic rings. The number of imide groups is 2. The Bertz CT molecular complexity index is 1140. The van der Waals surface area contributed by atoms with Crippen molar-refractivity contribution in [2.24, 2.45) is 0 Å². The molecule has 1 aliphatic heterocycles. The monoisotopic (exact) mass is 516 g/mol. The van der Waals surface area contributed by atoms with E-state index in [-0.39, 0.29) is 23.7 Å². The maximum atomic E-state index is 13.1. The Hall–Kier alpha value is -3.66. The topological polar surface area (TPSA) is 122 Å². The third kappa shape index (κ3) is 5.40. The predicted molar refractivity (Wildman–Crippen MR) is 123 cm³/mol. The van der Waals surface area contributed by atoms with Crippen molar-refractivity contribution in [2.75, 3.05) is 18.1 Å². The van der Waals surface area contributed by atoms with E-state index in [9.17, 15) is 19.2 Å². The van der Waals surface area contributed by atoms with Crippen molar-refractivity contribution in [1.82, 2.24) is 5.32 Å². The highest BCUT2D eigenvalue weighted by atomic mass is 79.9. The molecule has 2 N–H and O–H groups in total. The molecule has 0 bridgehead atoms. The zero-order chi connectivity index (χ0) is 24.1. The van der Waals surface area contributed by atoms with Crippen LogP contribution in [0.15, 0.2) is 46.4 Å². The highest BCUT2D eigenvalue weighted by Crippen LogP contribution is 2.35. The first-order valence-electron chi connectivity index (χ1n) is 10.1. The fourth-order valence-corrected chi connectivity index (χ4v) is 3.55. The summed E-state index contributed by atoms with van der Waals surface area (Å²) in [5, 5.41) is 11.0. The van der Waals surface area contributed by atoms with Gasteiger partial charge in [0.1, 0.15) is 5.57 Å². The third-order valence-corrected chi connectivity index (χ3v) is 5.41. The van der Waals surface area contributed by atoms with E-state index in [0.29, 0.717) is 15.7 Å². The summed E-state index contributed by atoms with van der Waals surface area (Å²) in [5.41, 5.74) is 1.51. The Labute approximate surface area is 198 Å². The van der Waals surface area contributed by atoms with E-state index in [1.165, 1.54) is 18.2 Å². The number of aryl methyl sites for hydroxylation is 1. The van der Waals surface area contributed by atoms with Crippen molar-refractivity contribution < 1.29 is 33.8 Å². The lowest BCUT2D eigenvalue weighted by Crippen LogP contribution is -2.54. The molecule has 172 valence electrons. The van der Waals surface area contributed by atoms with Gasteiger partial charge in [-0.1, -0.05) is 35.0 Å². The highest BCUT2D eigenvalue weighted by Gasteiger charge is 2.37. The summed E-state index contributed by atoms with van der Waals surface area (Å²) in [6.07, 6.45) is 2.12. The number of rotatable bonds is 8. The molecular weight excluding hydrogens is 496 g/mol. The van der Waals surface area contributed by atoms with E-state index in [0.717, 1.165) is 16.9 Å². The molecule has 0 radical (unpaired) electrons. The number of amides is 4. The van der Waals surface area contributed by atoms with Crippen molar-refractivity contribution >= 4 is 51.5 Å². The number of aliphatic carboxylic acids is 1. The SMILES string of the molecule is CCOc1cc(/C=C2/C(=O)NC(=O)N(c3ccc(CC)cc3)C2=O)c(Br)cc1OCC(=O)O. The zero-order valence-electron chi connectivity index (χ0n) is 17.9. The van der Waals surface area contributed by atoms with Gasteiger partial charge in [-0.15, -0.1) is 0 Å². The van der Waals surface area contributed by atoms with E-state index in [4.69, 9.17) is 14.6 Å². The molecular formula is C23H21BrN2O7. The largest absolute Gasteiger partial charge is 0.490 e. The Morgan fingerprint density at radius 2 is 1.76 bits per heavy atom. The molecule has 4 amide bonds. The number of carbonyl (C=O) groups is 4.